The van der Waals surface area contributed by atoms with Crippen LogP contribution in [0.5, 0.6) is 0 Å². The topological polar surface area (TPSA) is 83.8 Å². The number of rotatable bonds is 5. The smallest absolute Gasteiger partial charge is 0.237 e. The molecule has 0 fully saturated rings. The fraction of sp³-hybridized carbons (Fsp3) is 0.636. The Kier molecular flexibility index (Phi) is 4.49. The predicted octanol–water partition coefficient (Wildman–Crippen LogP) is 0.960. The minimum absolute atomic E-state index is 0.127. The molecular weight excluding hydrogens is 204 g/mol. The zero-order valence-electron chi connectivity index (χ0n) is 10.0. The molecule has 0 aliphatic heterocycles. The summed E-state index contributed by atoms with van der Waals surface area (Å²) in [5.74, 6) is 0.798. The van der Waals surface area contributed by atoms with Crippen LogP contribution in [0, 0.1) is 5.92 Å². The minimum atomic E-state index is -0.456. The number of aromatic amines is 1. The van der Waals surface area contributed by atoms with Crippen molar-refractivity contribution >= 4 is 5.91 Å². The average molecular weight is 224 g/mol. The van der Waals surface area contributed by atoms with Crippen molar-refractivity contribution in [3.8, 4) is 0 Å². The summed E-state index contributed by atoms with van der Waals surface area (Å²) in [5.41, 5.74) is 5.83. The van der Waals surface area contributed by atoms with Crippen molar-refractivity contribution in [1.29, 1.82) is 0 Å². The molecule has 0 saturated carbocycles. The summed E-state index contributed by atoms with van der Waals surface area (Å²) >= 11 is 0. The van der Waals surface area contributed by atoms with Gasteiger partial charge in [0.15, 0.2) is 0 Å². The molecule has 1 heterocycles. The Balaban J connectivity index is 2.51. The molecule has 1 aromatic rings. The third-order valence-corrected chi connectivity index (χ3v) is 2.85. The van der Waals surface area contributed by atoms with Gasteiger partial charge in [0.05, 0.1) is 12.1 Å². The summed E-state index contributed by atoms with van der Waals surface area (Å²) in [7, 11) is 0. The Morgan fingerprint density at radius 2 is 2.31 bits per heavy atom. The molecule has 0 bridgehead atoms. The minimum Gasteiger partial charge on any atom is -0.347 e. The highest BCUT2D eigenvalue weighted by Gasteiger charge is 2.21. The van der Waals surface area contributed by atoms with Gasteiger partial charge in [-0.05, 0) is 12.8 Å². The van der Waals surface area contributed by atoms with Crippen molar-refractivity contribution in [3.05, 3.63) is 18.2 Å². The van der Waals surface area contributed by atoms with Crippen LogP contribution in [-0.4, -0.2) is 21.9 Å². The van der Waals surface area contributed by atoms with Gasteiger partial charge in [0, 0.05) is 12.4 Å². The second-order valence-corrected chi connectivity index (χ2v) is 4.12. The van der Waals surface area contributed by atoms with E-state index in [1.54, 1.807) is 12.4 Å². The van der Waals surface area contributed by atoms with E-state index in [0.717, 1.165) is 12.2 Å². The summed E-state index contributed by atoms with van der Waals surface area (Å²) in [5, 5.41) is 2.84. The first-order valence-corrected chi connectivity index (χ1v) is 5.61. The average Bonchev–Trinajstić information content (AvgIpc) is 2.80. The first kappa shape index (κ1) is 12.7. The van der Waals surface area contributed by atoms with Crippen LogP contribution in [0.4, 0.5) is 0 Å². The highest BCUT2D eigenvalue weighted by atomic mass is 16.2. The summed E-state index contributed by atoms with van der Waals surface area (Å²) in [6.45, 7) is 5.87. The van der Waals surface area contributed by atoms with Crippen LogP contribution in [0.15, 0.2) is 12.4 Å². The largest absolute Gasteiger partial charge is 0.347 e. The van der Waals surface area contributed by atoms with Gasteiger partial charge in [-0.15, -0.1) is 0 Å². The normalized spacial score (nSPS) is 16.5. The molecule has 1 rings (SSSR count). The van der Waals surface area contributed by atoms with E-state index in [1.165, 1.54) is 0 Å². The van der Waals surface area contributed by atoms with Crippen molar-refractivity contribution in [1.82, 2.24) is 15.3 Å². The second-order valence-electron chi connectivity index (χ2n) is 4.12. The molecule has 5 nitrogen and oxygen atoms in total. The summed E-state index contributed by atoms with van der Waals surface area (Å²) < 4.78 is 0. The lowest BCUT2D eigenvalue weighted by Crippen LogP contribution is -2.45. The van der Waals surface area contributed by atoms with E-state index in [4.69, 9.17) is 5.73 Å². The van der Waals surface area contributed by atoms with Gasteiger partial charge in [0.25, 0.3) is 0 Å². The van der Waals surface area contributed by atoms with Gasteiger partial charge in [0.1, 0.15) is 5.82 Å². The van der Waals surface area contributed by atoms with Crippen LogP contribution in [0.3, 0.4) is 0 Å². The molecule has 16 heavy (non-hydrogen) atoms. The van der Waals surface area contributed by atoms with Crippen LogP contribution in [-0.2, 0) is 4.79 Å². The zero-order valence-corrected chi connectivity index (χ0v) is 10.0. The molecular formula is C11H20N4O. The van der Waals surface area contributed by atoms with Crippen LogP contribution < -0.4 is 11.1 Å². The Morgan fingerprint density at radius 1 is 1.62 bits per heavy atom. The van der Waals surface area contributed by atoms with Crippen LogP contribution in [0.25, 0.3) is 0 Å². The number of carbonyl (C=O) groups is 1. The summed E-state index contributed by atoms with van der Waals surface area (Å²) in [6, 6.07) is -0.597. The Morgan fingerprint density at radius 3 is 2.81 bits per heavy atom. The molecule has 0 spiro atoms. The molecule has 0 aliphatic carbocycles. The molecule has 0 radical (unpaired) electrons. The standard InChI is InChI=1S/C11H20N4O/c1-4-7(2)9(12)11(16)15-8(3)10-13-5-6-14-10/h5-9H,4,12H2,1-3H3,(H,13,14)(H,15,16)/t7?,8?,9-/m0/s1. The number of carbonyl (C=O) groups excluding carboxylic acids is 1. The molecule has 1 aromatic heterocycles. The Bertz CT molecular complexity index is 323. The van der Waals surface area contributed by atoms with Gasteiger partial charge >= 0.3 is 0 Å². The molecule has 90 valence electrons. The molecule has 3 atom stereocenters. The zero-order chi connectivity index (χ0) is 12.1. The SMILES string of the molecule is CCC(C)[C@H](N)C(=O)NC(C)c1ncc[nH]1. The molecule has 0 aliphatic rings. The third-order valence-electron chi connectivity index (χ3n) is 2.85. The van der Waals surface area contributed by atoms with E-state index in [-0.39, 0.29) is 17.9 Å². The van der Waals surface area contributed by atoms with Gasteiger partial charge < -0.3 is 16.0 Å². The Hall–Kier alpha value is -1.36. The quantitative estimate of drug-likeness (QED) is 0.696. The van der Waals surface area contributed by atoms with Crippen LogP contribution in [0.2, 0.25) is 0 Å². The van der Waals surface area contributed by atoms with E-state index in [0.29, 0.717) is 0 Å². The molecule has 0 aromatic carbocycles. The fourth-order valence-electron chi connectivity index (χ4n) is 1.40. The molecule has 5 heteroatoms. The van der Waals surface area contributed by atoms with Crippen molar-refractivity contribution < 1.29 is 4.79 Å². The fourth-order valence-corrected chi connectivity index (χ4v) is 1.40. The Labute approximate surface area is 95.8 Å². The summed E-state index contributed by atoms with van der Waals surface area (Å²) in [4.78, 5) is 18.8. The first-order valence-electron chi connectivity index (χ1n) is 5.61. The number of hydrogen-bond donors (Lipinski definition) is 3. The summed E-state index contributed by atoms with van der Waals surface area (Å²) in [6.07, 6.45) is 4.28. The second kappa shape index (κ2) is 5.65. The van der Waals surface area contributed by atoms with Gasteiger partial charge in [-0.1, -0.05) is 20.3 Å². The van der Waals surface area contributed by atoms with E-state index in [2.05, 4.69) is 15.3 Å². The van der Waals surface area contributed by atoms with E-state index < -0.39 is 6.04 Å². The number of nitrogens with one attached hydrogen (secondary N) is 2. The lowest BCUT2D eigenvalue weighted by Gasteiger charge is -2.20. The van der Waals surface area contributed by atoms with Gasteiger partial charge in [-0.3, -0.25) is 4.79 Å². The predicted molar refractivity (Wildman–Crippen MR) is 62.6 cm³/mol. The maximum Gasteiger partial charge on any atom is 0.237 e. The monoisotopic (exact) mass is 224 g/mol. The number of imidazole rings is 1. The lowest BCUT2D eigenvalue weighted by atomic mass is 9.99. The van der Waals surface area contributed by atoms with Crippen molar-refractivity contribution in [2.24, 2.45) is 11.7 Å². The number of nitrogens with zero attached hydrogens (tertiary/aromatic N) is 1. The third kappa shape index (κ3) is 3.06. The van der Waals surface area contributed by atoms with Crippen molar-refractivity contribution in [3.63, 3.8) is 0 Å². The van der Waals surface area contributed by atoms with E-state index in [9.17, 15) is 4.79 Å². The number of amides is 1. The molecule has 1 amide bonds. The van der Waals surface area contributed by atoms with Gasteiger partial charge in [0.2, 0.25) is 5.91 Å². The molecule has 2 unspecified atom stereocenters. The van der Waals surface area contributed by atoms with E-state index >= 15 is 0 Å². The van der Waals surface area contributed by atoms with Crippen LogP contribution >= 0.6 is 0 Å². The van der Waals surface area contributed by atoms with Gasteiger partial charge in [-0.25, -0.2) is 4.98 Å². The van der Waals surface area contributed by atoms with E-state index in [1.807, 2.05) is 20.8 Å². The van der Waals surface area contributed by atoms with Crippen molar-refractivity contribution in [2.45, 2.75) is 39.3 Å². The van der Waals surface area contributed by atoms with Gasteiger partial charge in [-0.2, -0.15) is 0 Å². The molecule has 4 N–H and O–H groups in total. The number of aromatic nitrogens is 2. The highest BCUT2D eigenvalue weighted by molar-refractivity contribution is 5.82. The number of hydrogen-bond acceptors (Lipinski definition) is 3. The maximum absolute atomic E-state index is 11.8. The first-order chi connectivity index (χ1) is 7.56. The highest BCUT2D eigenvalue weighted by Crippen LogP contribution is 2.09. The maximum atomic E-state index is 11.8. The van der Waals surface area contributed by atoms with Crippen molar-refractivity contribution in [2.75, 3.05) is 0 Å². The molecule has 0 saturated heterocycles. The lowest BCUT2D eigenvalue weighted by molar-refractivity contribution is -0.124. The number of nitrogens with two attached hydrogens (primary N) is 1. The number of H-pyrrole nitrogens is 1. The van der Waals surface area contributed by atoms with Crippen LogP contribution in [0.1, 0.15) is 39.1 Å².